The molecule has 2 fully saturated rings. The molecule has 0 unspecified atom stereocenters. The molecule has 4 aliphatic heterocycles. The molecule has 0 spiro atoms. The van der Waals surface area contributed by atoms with E-state index in [1.54, 1.807) is 0 Å². The maximum Gasteiger partial charge on any atom is 0.304 e. The number of likely N-dealkylation sites (tertiary alicyclic amines) is 1. The Bertz CT molecular complexity index is 1060. The van der Waals surface area contributed by atoms with Crippen LogP contribution < -0.4 is 10.1 Å². The molecule has 0 aliphatic carbocycles. The fourth-order valence-electron chi connectivity index (χ4n) is 5.81. The minimum absolute atomic E-state index is 0.00216. The lowest BCUT2D eigenvalue weighted by Crippen LogP contribution is -2.32. The number of halogens is 1. The fraction of sp³-hybridized carbons (Fsp3) is 0.586. The Morgan fingerprint density at radius 2 is 2.32 bits per heavy atom. The minimum Gasteiger partial charge on any atom is -0.488 e. The Hall–Kier alpha value is -2.71. The van der Waals surface area contributed by atoms with Crippen molar-refractivity contribution in [3.63, 3.8) is 0 Å². The quantitative estimate of drug-likeness (QED) is 0.478. The molecule has 37 heavy (non-hydrogen) atoms. The fourth-order valence-corrected chi connectivity index (χ4v) is 5.81. The number of aliphatic imine (C=N–C) groups is 1. The zero-order valence-corrected chi connectivity index (χ0v) is 21.5. The molecule has 8 heteroatoms. The van der Waals surface area contributed by atoms with Crippen molar-refractivity contribution < 1.29 is 23.8 Å². The van der Waals surface area contributed by atoms with Gasteiger partial charge in [0.2, 0.25) is 0 Å². The van der Waals surface area contributed by atoms with E-state index in [2.05, 4.69) is 16.3 Å². The highest BCUT2D eigenvalue weighted by atomic mass is 19.1. The molecule has 3 atom stereocenters. The van der Waals surface area contributed by atoms with Crippen molar-refractivity contribution in [2.45, 2.75) is 69.1 Å². The van der Waals surface area contributed by atoms with Crippen LogP contribution in [0.15, 0.2) is 52.8 Å². The van der Waals surface area contributed by atoms with E-state index in [-0.39, 0.29) is 18.4 Å². The van der Waals surface area contributed by atoms with Gasteiger partial charge in [0.15, 0.2) is 0 Å². The lowest BCUT2D eigenvalue weighted by Gasteiger charge is -2.25. The molecule has 2 N–H and O–H groups in total. The number of allylic oxidation sites excluding steroid dienone is 3. The number of hydrogen-bond acceptors (Lipinski definition) is 6. The molecule has 1 aromatic carbocycles. The molecule has 0 amide bonds. The van der Waals surface area contributed by atoms with E-state index in [9.17, 15) is 9.90 Å². The third kappa shape index (κ3) is 6.99. The number of benzene rings is 1. The van der Waals surface area contributed by atoms with E-state index in [4.69, 9.17) is 14.5 Å². The van der Waals surface area contributed by atoms with Gasteiger partial charge in [0.25, 0.3) is 0 Å². The number of nitrogens with one attached hydrogen (secondary N) is 1. The first-order valence-electron chi connectivity index (χ1n) is 13.6. The van der Waals surface area contributed by atoms with Crippen LogP contribution in [0.3, 0.4) is 0 Å². The van der Waals surface area contributed by atoms with Crippen LogP contribution in [0.2, 0.25) is 0 Å². The predicted octanol–water partition coefficient (Wildman–Crippen LogP) is 4.60. The van der Waals surface area contributed by atoms with Gasteiger partial charge >= 0.3 is 5.97 Å². The normalized spacial score (nSPS) is 26.8. The molecule has 0 saturated carbocycles. The smallest absolute Gasteiger partial charge is 0.304 e. The molecule has 1 aromatic rings. The number of ether oxygens (including phenoxy) is 2. The first kappa shape index (κ1) is 25.9. The van der Waals surface area contributed by atoms with Crippen LogP contribution in [0, 0.1) is 0 Å². The second-order valence-electron chi connectivity index (χ2n) is 10.8. The Labute approximate surface area is 218 Å². The maximum atomic E-state index is 15.9. The van der Waals surface area contributed by atoms with Crippen molar-refractivity contribution in [1.29, 1.82) is 0 Å². The largest absolute Gasteiger partial charge is 0.488 e. The van der Waals surface area contributed by atoms with Crippen LogP contribution in [0.5, 0.6) is 5.75 Å². The van der Waals surface area contributed by atoms with Crippen molar-refractivity contribution in [3.8, 4) is 5.75 Å². The van der Waals surface area contributed by atoms with Crippen molar-refractivity contribution in [1.82, 2.24) is 10.2 Å². The zero-order chi connectivity index (χ0) is 25.7. The van der Waals surface area contributed by atoms with Gasteiger partial charge in [-0.25, -0.2) is 9.38 Å². The lowest BCUT2D eigenvalue weighted by atomic mass is 9.94. The van der Waals surface area contributed by atoms with Gasteiger partial charge in [0.05, 0.1) is 19.6 Å². The van der Waals surface area contributed by atoms with Crippen LogP contribution in [0.4, 0.5) is 4.39 Å². The molecule has 0 radical (unpaired) electrons. The Morgan fingerprint density at radius 3 is 3.16 bits per heavy atom. The van der Waals surface area contributed by atoms with Crippen molar-refractivity contribution in [2.75, 3.05) is 39.4 Å². The van der Waals surface area contributed by atoms with E-state index in [1.165, 1.54) is 5.57 Å². The summed E-state index contributed by atoms with van der Waals surface area (Å²) in [6.45, 7) is 3.68. The van der Waals surface area contributed by atoms with Crippen molar-refractivity contribution in [3.05, 3.63) is 53.4 Å². The van der Waals surface area contributed by atoms with Crippen LogP contribution in [-0.2, 0) is 9.53 Å². The van der Waals surface area contributed by atoms with E-state index < -0.39 is 11.6 Å². The topological polar surface area (TPSA) is 83.4 Å². The number of rotatable bonds is 10. The Balaban J connectivity index is 1.19. The van der Waals surface area contributed by atoms with Crippen LogP contribution in [0.25, 0.3) is 0 Å². The number of nitrogens with zero attached hydrogens (tertiary/aromatic N) is 2. The molecule has 5 rings (SSSR count). The van der Waals surface area contributed by atoms with Gasteiger partial charge in [-0.2, -0.15) is 0 Å². The first-order valence-corrected chi connectivity index (χ1v) is 13.6. The van der Waals surface area contributed by atoms with E-state index >= 15 is 4.39 Å². The number of carbonyl (C=O) groups is 1. The van der Waals surface area contributed by atoms with Gasteiger partial charge < -0.3 is 19.9 Å². The molecule has 4 aliphatic rings. The average Bonchev–Trinajstić information content (AvgIpc) is 3.47. The highest BCUT2D eigenvalue weighted by Crippen LogP contribution is 2.34. The summed E-state index contributed by atoms with van der Waals surface area (Å²) in [6, 6.07) is 7.68. The number of carboxylic acid groups (broad SMARTS) is 1. The van der Waals surface area contributed by atoms with Gasteiger partial charge in [-0.3, -0.25) is 9.69 Å². The van der Waals surface area contributed by atoms with Gasteiger partial charge in [0, 0.05) is 44.2 Å². The standard InChI is InChI=1S/C29H38FN3O4/c30-29(11-9-24-7-1-4-21-6-3-13-31-28(21)32-24)12-14-33(20-29)18-23(17-27(34)35)22-5-2-8-25(16-22)37-26-10-15-36-19-26/h1-2,5,7-8,16,23,26,31H,3-4,6,9-15,17-20H2,(H,34,35)/t23-,26-,29+/m1/s1. The highest BCUT2D eigenvalue weighted by molar-refractivity contribution is 5.96. The first-order chi connectivity index (χ1) is 18.0. The second kappa shape index (κ2) is 11.8. The van der Waals surface area contributed by atoms with Gasteiger partial charge in [0.1, 0.15) is 23.3 Å². The zero-order valence-electron chi connectivity index (χ0n) is 21.5. The predicted molar refractivity (Wildman–Crippen MR) is 141 cm³/mol. The maximum absolute atomic E-state index is 15.9. The Kier molecular flexibility index (Phi) is 8.25. The second-order valence-corrected chi connectivity index (χ2v) is 10.8. The highest BCUT2D eigenvalue weighted by Gasteiger charge is 2.39. The van der Waals surface area contributed by atoms with E-state index in [1.807, 2.05) is 30.3 Å². The van der Waals surface area contributed by atoms with Crippen LogP contribution in [-0.4, -0.2) is 72.9 Å². The van der Waals surface area contributed by atoms with Crippen molar-refractivity contribution in [2.24, 2.45) is 4.99 Å². The molecular formula is C29H38FN3O4. The number of carboxylic acids is 1. The van der Waals surface area contributed by atoms with Gasteiger partial charge in [-0.15, -0.1) is 0 Å². The van der Waals surface area contributed by atoms with Crippen LogP contribution >= 0.6 is 0 Å². The molecule has 0 aromatic heterocycles. The van der Waals surface area contributed by atoms with E-state index in [0.717, 1.165) is 55.1 Å². The summed E-state index contributed by atoms with van der Waals surface area (Å²) in [5.41, 5.74) is 1.90. The van der Waals surface area contributed by atoms with Gasteiger partial charge in [-0.1, -0.05) is 18.2 Å². The van der Waals surface area contributed by atoms with Gasteiger partial charge in [-0.05, 0) is 67.9 Å². The van der Waals surface area contributed by atoms with Crippen LogP contribution in [0.1, 0.15) is 62.8 Å². The number of alkyl halides is 1. The molecular weight excluding hydrogens is 473 g/mol. The summed E-state index contributed by atoms with van der Waals surface area (Å²) in [7, 11) is 0. The summed E-state index contributed by atoms with van der Waals surface area (Å²) >= 11 is 0. The summed E-state index contributed by atoms with van der Waals surface area (Å²) in [4.78, 5) is 18.6. The average molecular weight is 512 g/mol. The summed E-state index contributed by atoms with van der Waals surface area (Å²) < 4.78 is 27.3. The van der Waals surface area contributed by atoms with Crippen molar-refractivity contribution >= 4 is 11.7 Å². The summed E-state index contributed by atoms with van der Waals surface area (Å²) in [5.74, 6) is 0.623. The van der Waals surface area contributed by atoms with E-state index in [0.29, 0.717) is 52.1 Å². The SMILES string of the molecule is O=C(O)C[C@H](CN1CC[C@@](F)(CCC2=NC3=C(CC=C2)CCCN3)C1)c1cccc(O[C@@H]2CCOC2)c1. The third-order valence-corrected chi connectivity index (χ3v) is 7.84. The third-order valence-electron chi connectivity index (χ3n) is 7.84. The molecule has 0 bridgehead atoms. The molecule has 2 saturated heterocycles. The summed E-state index contributed by atoms with van der Waals surface area (Å²) in [6.07, 6.45) is 9.68. The number of aliphatic carboxylic acids is 1. The summed E-state index contributed by atoms with van der Waals surface area (Å²) in [5, 5.41) is 13.0. The monoisotopic (exact) mass is 511 g/mol. The lowest BCUT2D eigenvalue weighted by molar-refractivity contribution is -0.137. The molecule has 200 valence electrons. The molecule has 4 heterocycles. The number of hydrogen-bond donors (Lipinski definition) is 2. The Morgan fingerprint density at radius 1 is 1.41 bits per heavy atom. The minimum atomic E-state index is -1.29. The molecule has 7 nitrogen and oxygen atoms in total.